The topological polar surface area (TPSA) is 49.2 Å². The third kappa shape index (κ3) is 2.92. The van der Waals surface area contributed by atoms with Gasteiger partial charge in [-0.15, -0.1) is 0 Å². The van der Waals surface area contributed by atoms with E-state index in [1.807, 2.05) is 6.92 Å². The Morgan fingerprint density at radius 2 is 2.05 bits per heavy atom. The Morgan fingerprint density at radius 3 is 2.77 bits per heavy atom. The average Bonchev–Trinajstić information content (AvgIpc) is 2.55. The number of nitrogens with zero attached hydrogens (tertiary/aromatic N) is 3. The molecule has 0 amide bonds. The number of benzene rings is 1. The summed E-state index contributed by atoms with van der Waals surface area (Å²) >= 11 is 0. The van der Waals surface area contributed by atoms with E-state index in [-0.39, 0.29) is 18.0 Å². The van der Waals surface area contributed by atoms with E-state index in [0.29, 0.717) is 24.5 Å². The van der Waals surface area contributed by atoms with Crippen molar-refractivity contribution in [2.24, 2.45) is 0 Å². The zero-order valence-electron chi connectivity index (χ0n) is 12.2. The SMILES string of the molecule is CC1CN(c2ncccc2C#N)CC(c2ccc(F)cc2)O1. The molecule has 1 aliphatic heterocycles. The molecular formula is C17H16FN3O. The molecule has 22 heavy (non-hydrogen) atoms. The molecule has 0 spiro atoms. The molecule has 0 bridgehead atoms. The lowest BCUT2D eigenvalue weighted by molar-refractivity contribution is -0.0176. The number of hydrogen-bond acceptors (Lipinski definition) is 4. The van der Waals surface area contributed by atoms with Gasteiger partial charge in [0.2, 0.25) is 0 Å². The lowest BCUT2D eigenvalue weighted by Crippen LogP contribution is -2.43. The summed E-state index contributed by atoms with van der Waals surface area (Å²) in [5, 5.41) is 9.24. The third-order valence-corrected chi connectivity index (χ3v) is 3.71. The maximum atomic E-state index is 13.1. The van der Waals surface area contributed by atoms with Crippen LogP contribution < -0.4 is 4.90 Å². The van der Waals surface area contributed by atoms with E-state index in [9.17, 15) is 9.65 Å². The molecule has 0 radical (unpaired) electrons. The number of nitriles is 1. The summed E-state index contributed by atoms with van der Waals surface area (Å²) in [6.45, 7) is 3.24. The number of anilines is 1. The van der Waals surface area contributed by atoms with Gasteiger partial charge in [0.15, 0.2) is 0 Å². The Kier molecular flexibility index (Phi) is 4.03. The van der Waals surface area contributed by atoms with Crippen LogP contribution in [-0.4, -0.2) is 24.2 Å². The molecular weight excluding hydrogens is 281 g/mol. The van der Waals surface area contributed by atoms with Crippen LogP contribution in [0.4, 0.5) is 10.2 Å². The van der Waals surface area contributed by atoms with Gasteiger partial charge in [0.25, 0.3) is 0 Å². The van der Waals surface area contributed by atoms with Crippen LogP contribution in [0.25, 0.3) is 0 Å². The van der Waals surface area contributed by atoms with Crippen molar-refractivity contribution >= 4 is 5.82 Å². The van der Waals surface area contributed by atoms with Crippen LogP contribution in [0.5, 0.6) is 0 Å². The molecule has 2 aromatic rings. The second-order valence-corrected chi connectivity index (χ2v) is 5.38. The number of ether oxygens (including phenoxy) is 1. The van der Waals surface area contributed by atoms with Crippen molar-refractivity contribution in [3.8, 4) is 6.07 Å². The Hall–Kier alpha value is -2.45. The van der Waals surface area contributed by atoms with Gasteiger partial charge in [-0.3, -0.25) is 0 Å². The summed E-state index contributed by atoms with van der Waals surface area (Å²) in [5.74, 6) is 0.410. The van der Waals surface area contributed by atoms with E-state index >= 15 is 0 Å². The predicted molar refractivity (Wildman–Crippen MR) is 80.9 cm³/mol. The first-order chi connectivity index (χ1) is 10.7. The molecule has 2 atom stereocenters. The number of rotatable bonds is 2. The molecule has 3 rings (SSSR count). The van der Waals surface area contributed by atoms with Crippen molar-refractivity contribution in [3.63, 3.8) is 0 Å². The van der Waals surface area contributed by atoms with Crippen molar-refractivity contribution in [2.45, 2.75) is 19.1 Å². The molecule has 2 heterocycles. The fraction of sp³-hybridized carbons (Fsp3) is 0.294. The van der Waals surface area contributed by atoms with E-state index in [1.165, 1.54) is 12.1 Å². The van der Waals surface area contributed by atoms with Crippen molar-refractivity contribution in [2.75, 3.05) is 18.0 Å². The molecule has 2 unspecified atom stereocenters. The fourth-order valence-corrected chi connectivity index (χ4v) is 2.72. The van der Waals surface area contributed by atoms with Crippen LogP contribution >= 0.6 is 0 Å². The van der Waals surface area contributed by atoms with Gasteiger partial charge in [0.05, 0.1) is 11.7 Å². The van der Waals surface area contributed by atoms with E-state index in [2.05, 4.69) is 16.0 Å². The lowest BCUT2D eigenvalue weighted by atomic mass is 10.1. The summed E-state index contributed by atoms with van der Waals surface area (Å²) in [6, 6.07) is 12.0. The summed E-state index contributed by atoms with van der Waals surface area (Å²) < 4.78 is 19.0. The minimum absolute atomic E-state index is 0.00245. The Labute approximate surface area is 128 Å². The largest absolute Gasteiger partial charge is 0.367 e. The van der Waals surface area contributed by atoms with Gasteiger partial charge in [-0.1, -0.05) is 12.1 Å². The van der Waals surface area contributed by atoms with Crippen molar-refractivity contribution in [3.05, 3.63) is 59.5 Å². The molecule has 5 heteroatoms. The van der Waals surface area contributed by atoms with Gasteiger partial charge in [0, 0.05) is 19.3 Å². The molecule has 0 aliphatic carbocycles. The van der Waals surface area contributed by atoms with Gasteiger partial charge < -0.3 is 9.64 Å². The van der Waals surface area contributed by atoms with Crippen molar-refractivity contribution < 1.29 is 9.13 Å². The Bertz CT molecular complexity index is 696. The van der Waals surface area contributed by atoms with Crippen molar-refractivity contribution in [1.82, 2.24) is 4.98 Å². The first-order valence-electron chi connectivity index (χ1n) is 7.18. The van der Waals surface area contributed by atoms with Gasteiger partial charge in [0.1, 0.15) is 23.8 Å². The third-order valence-electron chi connectivity index (χ3n) is 3.71. The fourth-order valence-electron chi connectivity index (χ4n) is 2.72. The minimum Gasteiger partial charge on any atom is -0.367 e. The van der Waals surface area contributed by atoms with Crippen LogP contribution in [0.2, 0.25) is 0 Å². The van der Waals surface area contributed by atoms with Crippen molar-refractivity contribution in [1.29, 1.82) is 5.26 Å². The molecule has 0 N–H and O–H groups in total. The summed E-state index contributed by atoms with van der Waals surface area (Å²) in [7, 11) is 0. The monoisotopic (exact) mass is 297 g/mol. The molecule has 4 nitrogen and oxygen atoms in total. The molecule has 0 saturated carbocycles. The highest BCUT2D eigenvalue weighted by Gasteiger charge is 2.28. The van der Waals surface area contributed by atoms with Crippen LogP contribution in [0.15, 0.2) is 42.6 Å². The number of hydrogen-bond donors (Lipinski definition) is 0. The first kappa shape index (κ1) is 14.5. The highest BCUT2D eigenvalue weighted by Crippen LogP contribution is 2.29. The van der Waals surface area contributed by atoms with Gasteiger partial charge >= 0.3 is 0 Å². The second-order valence-electron chi connectivity index (χ2n) is 5.38. The zero-order valence-corrected chi connectivity index (χ0v) is 12.2. The lowest BCUT2D eigenvalue weighted by Gasteiger charge is -2.38. The second kappa shape index (κ2) is 6.12. The minimum atomic E-state index is -0.263. The average molecular weight is 297 g/mol. The van der Waals surface area contributed by atoms with E-state index in [0.717, 1.165) is 5.56 Å². The number of halogens is 1. The van der Waals surface area contributed by atoms with Gasteiger partial charge in [-0.05, 0) is 36.8 Å². The molecule has 1 aliphatic rings. The van der Waals surface area contributed by atoms with E-state index in [4.69, 9.17) is 4.74 Å². The molecule has 1 fully saturated rings. The number of morpholine rings is 1. The summed E-state index contributed by atoms with van der Waals surface area (Å²) in [5.41, 5.74) is 1.47. The maximum Gasteiger partial charge on any atom is 0.146 e. The Balaban J connectivity index is 1.88. The molecule has 1 aromatic heterocycles. The quantitative estimate of drug-likeness (QED) is 0.855. The van der Waals surface area contributed by atoms with Gasteiger partial charge in [-0.25, -0.2) is 9.37 Å². The van der Waals surface area contributed by atoms with E-state index < -0.39 is 0 Å². The van der Waals surface area contributed by atoms with Crippen LogP contribution in [0.1, 0.15) is 24.2 Å². The highest BCUT2D eigenvalue weighted by molar-refractivity contribution is 5.54. The van der Waals surface area contributed by atoms with Crippen LogP contribution in [0, 0.1) is 17.1 Å². The zero-order chi connectivity index (χ0) is 15.5. The number of pyridine rings is 1. The van der Waals surface area contributed by atoms with Gasteiger partial charge in [-0.2, -0.15) is 5.26 Å². The smallest absolute Gasteiger partial charge is 0.146 e. The highest BCUT2D eigenvalue weighted by atomic mass is 19.1. The maximum absolute atomic E-state index is 13.1. The summed E-state index contributed by atoms with van der Waals surface area (Å²) in [6.07, 6.45) is 1.51. The molecule has 1 aromatic carbocycles. The molecule has 112 valence electrons. The first-order valence-corrected chi connectivity index (χ1v) is 7.18. The molecule has 1 saturated heterocycles. The van der Waals surface area contributed by atoms with Crippen LogP contribution in [0.3, 0.4) is 0 Å². The summed E-state index contributed by atoms with van der Waals surface area (Å²) in [4.78, 5) is 6.39. The normalized spacial score (nSPS) is 21.4. The Morgan fingerprint density at radius 1 is 1.27 bits per heavy atom. The van der Waals surface area contributed by atoms with Crippen LogP contribution in [-0.2, 0) is 4.74 Å². The van der Waals surface area contributed by atoms with E-state index in [1.54, 1.807) is 30.5 Å². The number of aromatic nitrogens is 1. The predicted octanol–water partition coefficient (Wildman–Crippen LogP) is 3.06. The standard InChI is InChI=1S/C17H16FN3O/c1-12-10-21(17-14(9-19)3-2-8-20-17)11-16(22-12)13-4-6-15(18)7-5-13/h2-8,12,16H,10-11H2,1H3.